The lowest BCUT2D eigenvalue weighted by atomic mass is 10.1. The standard InChI is InChI=1S/C20H24F3NO2S/c1-2-3-4-12-24-13-5-6-17(19(25)26)18(24)27-14-11-20(22,23)15-7-9-16(21)10-8-15/h5-10H,2-4,11-14H2,1H3,(H,25,26). The van der Waals surface area contributed by atoms with Gasteiger partial charge in [0.15, 0.2) is 0 Å². The molecule has 2 rings (SSSR count). The minimum absolute atomic E-state index is 0.0641. The molecule has 0 spiro atoms. The first kappa shape index (κ1) is 21.4. The second-order valence-corrected chi connectivity index (χ2v) is 7.47. The van der Waals surface area contributed by atoms with Crippen LogP contribution in [0, 0.1) is 5.82 Å². The second kappa shape index (κ2) is 9.88. The molecule has 0 bridgehead atoms. The highest BCUT2D eigenvalue weighted by atomic mass is 32.2. The van der Waals surface area contributed by atoms with Gasteiger partial charge < -0.3 is 10.0 Å². The molecule has 0 atom stereocenters. The fraction of sp³-hybridized carbons (Fsp3) is 0.450. The molecule has 0 fully saturated rings. The van der Waals surface area contributed by atoms with Crippen LogP contribution in [0.5, 0.6) is 0 Å². The number of carbonyl (C=O) groups is 1. The minimum atomic E-state index is -3.10. The van der Waals surface area contributed by atoms with Crippen LogP contribution in [-0.4, -0.2) is 34.8 Å². The summed E-state index contributed by atoms with van der Waals surface area (Å²) in [4.78, 5) is 13.5. The number of nitrogens with zero attached hydrogens (tertiary/aromatic N) is 1. The minimum Gasteiger partial charge on any atom is -0.478 e. The molecule has 148 valence electrons. The number of hydrogen-bond acceptors (Lipinski definition) is 3. The summed E-state index contributed by atoms with van der Waals surface area (Å²) in [6, 6.07) is 4.20. The Morgan fingerprint density at radius 2 is 1.96 bits per heavy atom. The van der Waals surface area contributed by atoms with Gasteiger partial charge in [0, 0.05) is 30.8 Å². The van der Waals surface area contributed by atoms with Crippen LogP contribution in [0.3, 0.4) is 0 Å². The Hall–Kier alpha value is -1.89. The van der Waals surface area contributed by atoms with Gasteiger partial charge in [0.25, 0.3) is 5.92 Å². The molecule has 1 aliphatic heterocycles. The third-order valence-corrected chi connectivity index (χ3v) is 5.47. The number of thioether (sulfide) groups is 1. The van der Waals surface area contributed by atoms with Crippen LogP contribution in [0.4, 0.5) is 13.2 Å². The van der Waals surface area contributed by atoms with Crippen molar-refractivity contribution >= 4 is 17.7 Å². The maximum Gasteiger partial charge on any atom is 0.338 e. The van der Waals surface area contributed by atoms with Gasteiger partial charge in [-0.25, -0.2) is 18.0 Å². The number of carboxylic acid groups (broad SMARTS) is 1. The molecular weight excluding hydrogens is 375 g/mol. The van der Waals surface area contributed by atoms with Gasteiger partial charge in [0.05, 0.1) is 10.6 Å². The molecule has 1 heterocycles. The molecule has 1 aromatic carbocycles. The maximum atomic E-state index is 14.3. The van der Waals surface area contributed by atoms with E-state index < -0.39 is 24.1 Å². The number of alkyl halides is 2. The largest absolute Gasteiger partial charge is 0.478 e. The van der Waals surface area contributed by atoms with E-state index in [9.17, 15) is 23.1 Å². The van der Waals surface area contributed by atoms with E-state index in [-0.39, 0.29) is 16.9 Å². The molecule has 0 saturated carbocycles. The molecule has 3 nitrogen and oxygen atoms in total. The number of rotatable bonds is 10. The predicted molar refractivity (Wildman–Crippen MR) is 102 cm³/mol. The molecule has 0 saturated heterocycles. The Labute approximate surface area is 161 Å². The van der Waals surface area contributed by atoms with Crippen molar-refractivity contribution in [2.45, 2.75) is 38.5 Å². The van der Waals surface area contributed by atoms with Crippen molar-refractivity contribution in [2.24, 2.45) is 0 Å². The lowest BCUT2D eigenvalue weighted by Gasteiger charge is -2.30. The Morgan fingerprint density at radius 1 is 1.26 bits per heavy atom. The molecule has 0 radical (unpaired) electrons. The number of unbranched alkanes of at least 4 members (excludes halogenated alkanes) is 2. The SMILES string of the molecule is CCCCCN1CC=CC(C(=O)O)=C1SCCC(F)(F)c1ccc(F)cc1. The van der Waals surface area contributed by atoms with Crippen molar-refractivity contribution in [1.29, 1.82) is 0 Å². The summed E-state index contributed by atoms with van der Waals surface area (Å²) in [5.74, 6) is -4.65. The summed E-state index contributed by atoms with van der Waals surface area (Å²) >= 11 is 1.14. The Bertz CT molecular complexity index is 702. The highest BCUT2D eigenvalue weighted by Crippen LogP contribution is 2.36. The molecule has 7 heteroatoms. The third-order valence-electron chi connectivity index (χ3n) is 4.31. The van der Waals surface area contributed by atoms with Gasteiger partial charge in [-0.15, -0.1) is 11.8 Å². The van der Waals surface area contributed by atoms with Crippen molar-refractivity contribution in [2.75, 3.05) is 18.8 Å². The van der Waals surface area contributed by atoms with Gasteiger partial charge in [-0.1, -0.05) is 38.0 Å². The quantitative estimate of drug-likeness (QED) is 0.535. The molecule has 0 unspecified atom stereocenters. The van der Waals surface area contributed by atoms with Crippen LogP contribution in [0.15, 0.2) is 47.0 Å². The van der Waals surface area contributed by atoms with E-state index in [1.165, 1.54) is 0 Å². The zero-order valence-electron chi connectivity index (χ0n) is 15.3. The summed E-state index contributed by atoms with van der Waals surface area (Å²) in [5, 5.41) is 9.97. The van der Waals surface area contributed by atoms with Gasteiger partial charge >= 0.3 is 5.97 Å². The average molecular weight is 399 g/mol. The number of halogens is 3. The third kappa shape index (κ3) is 6.06. The maximum absolute atomic E-state index is 14.3. The fourth-order valence-electron chi connectivity index (χ4n) is 2.81. The van der Waals surface area contributed by atoms with E-state index in [1.807, 2.05) is 4.90 Å². The molecule has 0 aliphatic carbocycles. The first-order valence-corrected chi connectivity index (χ1v) is 9.99. The Morgan fingerprint density at radius 3 is 2.59 bits per heavy atom. The van der Waals surface area contributed by atoms with E-state index in [1.54, 1.807) is 12.2 Å². The first-order chi connectivity index (χ1) is 12.8. The monoisotopic (exact) mass is 399 g/mol. The lowest BCUT2D eigenvalue weighted by Crippen LogP contribution is -2.28. The fourth-order valence-corrected chi connectivity index (χ4v) is 4.02. The highest BCUT2D eigenvalue weighted by molar-refractivity contribution is 8.03. The van der Waals surface area contributed by atoms with Crippen LogP contribution in [0.2, 0.25) is 0 Å². The van der Waals surface area contributed by atoms with E-state index in [0.29, 0.717) is 18.1 Å². The van der Waals surface area contributed by atoms with E-state index in [4.69, 9.17) is 0 Å². The van der Waals surface area contributed by atoms with Gasteiger partial charge in [0.1, 0.15) is 5.82 Å². The van der Waals surface area contributed by atoms with Gasteiger partial charge in [-0.05, 0) is 24.6 Å². The predicted octanol–water partition coefficient (Wildman–Crippen LogP) is 5.40. The number of aliphatic carboxylic acids is 1. The Kier molecular flexibility index (Phi) is 7.83. The smallest absolute Gasteiger partial charge is 0.338 e. The molecular formula is C20H24F3NO2S. The van der Waals surface area contributed by atoms with Crippen molar-refractivity contribution in [3.05, 3.63) is 58.4 Å². The average Bonchev–Trinajstić information content (AvgIpc) is 2.63. The van der Waals surface area contributed by atoms with E-state index in [0.717, 1.165) is 55.3 Å². The summed E-state index contributed by atoms with van der Waals surface area (Å²) < 4.78 is 41.6. The van der Waals surface area contributed by atoms with Crippen LogP contribution in [0.25, 0.3) is 0 Å². The normalized spacial score (nSPS) is 14.7. The summed E-state index contributed by atoms with van der Waals surface area (Å²) in [6.45, 7) is 3.37. The number of hydrogen-bond donors (Lipinski definition) is 1. The van der Waals surface area contributed by atoms with Crippen molar-refractivity contribution in [1.82, 2.24) is 4.90 Å². The molecule has 0 amide bonds. The lowest BCUT2D eigenvalue weighted by molar-refractivity contribution is -0.132. The number of carboxylic acids is 1. The molecule has 1 aromatic rings. The van der Waals surface area contributed by atoms with Crippen molar-refractivity contribution in [3.8, 4) is 0 Å². The summed E-state index contributed by atoms with van der Waals surface area (Å²) in [7, 11) is 0. The molecule has 1 aliphatic rings. The zero-order valence-corrected chi connectivity index (χ0v) is 16.1. The second-order valence-electron chi connectivity index (χ2n) is 6.39. The molecule has 0 aromatic heterocycles. The van der Waals surface area contributed by atoms with Crippen molar-refractivity contribution in [3.63, 3.8) is 0 Å². The van der Waals surface area contributed by atoms with Crippen LogP contribution in [-0.2, 0) is 10.7 Å². The first-order valence-electron chi connectivity index (χ1n) is 9.01. The van der Waals surface area contributed by atoms with Gasteiger partial charge in [-0.2, -0.15) is 0 Å². The summed E-state index contributed by atoms with van der Waals surface area (Å²) in [6.07, 6.45) is 5.87. The van der Waals surface area contributed by atoms with Crippen molar-refractivity contribution < 1.29 is 23.1 Å². The van der Waals surface area contributed by atoms with Crippen LogP contribution >= 0.6 is 11.8 Å². The van der Waals surface area contributed by atoms with E-state index >= 15 is 0 Å². The van der Waals surface area contributed by atoms with Gasteiger partial charge in [-0.3, -0.25) is 0 Å². The molecule has 1 N–H and O–H groups in total. The van der Waals surface area contributed by atoms with Crippen LogP contribution in [0.1, 0.15) is 38.2 Å². The topological polar surface area (TPSA) is 40.5 Å². The number of benzene rings is 1. The van der Waals surface area contributed by atoms with Gasteiger partial charge in [0.2, 0.25) is 0 Å². The van der Waals surface area contributed by atoms with Crippen LogP contribution < -0.4 is 0 Å². The van der Waals surface area contributed by atoms with E-state index in [2.05, 4.69) is 6.92 Å². The zero-order chi connectivity index (χ0) is 19.9. The summed E-state index contributed by atoms with van der Waals surface area (Å²) in [5.41, 5.74) is -0.0897. The highest BCUT2D eigenvalue weighted by Gasteiger charge is 2.32. The Balaban J connectivity index is 2.05. The molecule has 27 heavy (non-hydrogen) atoms.